The molecule has 1 aliphatic heterocycles. The average Bonchev–Trinajstić information content (AvgIpc) is 3.60. The summed E-state index contributed by atoms with van der Waals surface area (Å²) in [6.07, 6.45) is 8.24. The summed E-state index contributed by atoms with van der Waals surface area (Å²) in [6, 6.07) is 2.98. The molecule has 4 heterocycles. The number of halogens is 2. The zero-order valence-corrected chi connectivity index (χ0v) is 19.0. The van der Waals surface area contributed by atoms with Crippen LogP contribution >= 0.6 is 0 Å². The van der Waals surface area contributed by atoms with E-state index in [9.17, 15) is 8.78 Å². The molecule has 4 aromatic rings. The van der Waals surface area contributed by atoms with E-state index in [4.69, 9.17) is 4.42 Å². The smallest absolute Gasteiger partial charge is 0.318 e. The summed E-state index contributed by atoms with van der Waals surface area (Å²) in [7, 11) is 1.87. The molecule has 1 aromatic carbocycles. The van der Waals surface area contributed by atoms with Gasteiger partial charge in [0.25, 0.3) is 5.89 Å². The van der Waals surface area contributed by atoms with Crippen molar-refractivity contribution in [3.63, 3.8) is 0 Å². The van der Waals surface area contributed by atoms with Gasteiger partial charge in [-0.1, -0.05) is 10.3 Å². The fraction of sp³-hybridized carbons (Fsp3) is 0.391. The number of aryl methyl sites for hydroxylation is 1. The van der Waals surface area contributed by atoms with Gasteiger partial charge in [-0.3, -0.25) is 4.68 Å². The standard InChI is InChI=1S/C23H23F2N9O/c1-33-12-20(29-32-33)13-2-4-34(5-3-13)23-31-30-21(35-23)16-10-26-22(27-11-16)28-17-6-14-8-18(24)19(25)9-15(14)7-17/h8-13,17H,2-7H2,1H3,(H,26,27,28). The lowest BCUT2D eigenvalue weighted by Crippen LogP contribution is -2.33. The van der Waals surface area contributed by atoms with E-state index in [1.54, 1.807) is 17.1 Å². The van der Waals surface area contributed by atoms with Gasteiger partial charge in [-0.25, -0.2) is 18.7 Å². The molecule has 180 valence electrons. The van der Waals surface area contributed by atoms with Crippen molar-refractivity contribution in [2.24, 2.45) is 7.05 Å². The molecule has 1 aliphatic carbocycles. The quantitative estimate of drug-likeness (QED) is 0.462. The molecule has 1 saturated heterocycles. The second kappa shape index (κ2) is 8.67. The Kier molecular flexibility index (Phi) is 5.34. The number of rotatable bonds is 5. The zero-order valence-electron chi connectivity index (χ0n) is 19.0. The van der Waals surface area contributed by atoms with Crippen molar-refractivity contribution in [1.82, 2.24) is 35.2 Å². The second-order valence-electron chi connectivity index (χ2n) is 9.05. The lowest BCUT2D eigenvalue weighted by Gasteiger charge is -2.29. The molecular weight excluding hydrogens is 456 g/mol. The van der Waals surface area contributed by atoms with Crippen molar-refractivity contribution in [3.05, 3.63) is 59.2 Å². The number of hydrogen-bond acceptors (Lipinski definition) is 9. The van der Waals surface area contributed by atoms with Crippen LogP contribution in [-0.4, -0.2) is 54.3 Å². The molecular formula is C23H23F2N9O. The molecule has 10 nitrogen and oxygen atoms in total. The summed E-state index contributed by atoms with van der Waals surface area (Å²) in [6.45, 7) is 1.58. The number of aromatic nitrogens is 7. The minimum atomic E-state index is -0.821. The Hall–Kier alpha value is -3.96. The first-order valence-corrected chi connectivity index (χ1v) is 11.5. The van der Waals surface area contributed by atoms with E-state index in [2.05, 4.69) is 40.7 Å². The van der Waals surface area contributed by atoms with Gasteiger partial charge < -0.3 is 14.6 Å². The lowest BCUT2D eigenvalue weighted by atomic mass is 9.94. The van der Waals surface area contributed by atoms with E-state index in [0.717, 1.165) is 42.8 Å². The molecule has 6 rings (SSSR count). The number of piperidine rings is 1. The highest BCUT2D eigenvalue weighted by Crippen LogP contribution is 2.30. The lowest BCUT2D eigenvalue weighted by molar-refractivity contribution is 0.456. The topological polar surface area (TPSA) is 111 Å². The summed E-state index contributed by atoms with van der Waals surface area (Å²) in [5.74, 6) is -0.487. The van der Waals surface area contributed by atoms with Crippen molar-refractivity contribution < 1.29 is 13.2 Å². The highest BCUT2D eigenvalue weighted by atomic mass is 19.2. The Morgan fingerprint density at radius 1 is 0.971 bits per heavy atom. The number of fused-ring (bicyclic) bond motifs is 1. The molecule has 0 bridgehead atoms. The van der Waals surface area contributed by atoms with Crippen LogP contribution in [0.4, 0.5) is 20.7 Å². The highest BCUT2D eigenvalue weighted by molar-refractivity contribution is 5.52. The Bertz CT molecular complexity index is 1310. The van der Waals surface area contributed by atoms with Crippen molar-refractivity contribution in [2.45, 2.75) is 37.6 Å². The Morgan fingerprint density at radius 3 is 2.29 bits per heavy atom. The van der Waals surface area contributed by atoms with Crippen molar-refractivity contribution in [1.29, 1.82) is 0 Å². The van der Waals surface area contributed by atoms with Gasteiger partial charge in [0.2, 0.25) is 5.95 Å². The summed E-state index contributed by atoms with van der Waals surface area (Å²) in [5.41, 5.74) is 3.24. The van der Waals surface area contributed by atoms with Crippen LogP contribution in [-0.2, 0) is 19.9 Å². The fourth-order valence-electron chi connectivity index (χ4n) is 4.79. The number of hydrogen-bond donors (Lipinski definition) is 1. The zero-order chi connectivity index (χ0) is 23.9. The van der Waals surface area contributed by atoms with Gasteiger partial charge in [0, 0.05) is 50.7 Å². The van der Waals surface area contributed by atoms with Crippen LogP contribution in [0.25, 0.3) is 11.5 Å². The minimum absolute atomic E-state index is 0.0307. The van der Waals surface area contributed by atoms with Crippen LogP contribution < -0.4 is 10.2 Å². The SMILES string of the molecule is Cn1cc(C2CCN(c3nnc(-c4cnc(NC5Cc6cc(F)c(F)cc6C5)nc4)o3)CC2)nn1. The molecule has 0 atom stereocenters. The fourth-order valence-corrected chi connectivity index (χ4v) is 4.79. The van der Waals surface area contributed by atoms with Gasteiger partial charge in [-0.05, 0) is 48.9 Å². The second-order valence-corrected chi connectivity index (χ2v) is 9.05. The minimum Gasteiger partial charge on any atom is -0.403 e. The Balaban J connectivity index is 1.07. The molecule has 0 spiro atoms. The Labute approximate surface area is 199 Å². The number of benzene rings is 1. The van der Waals surface area contributed by atoms with Crippen LogP contribution in [0.5, 0.6) is 0 Å². The number of nitrogens with one attached hydrogen (secondary N) is 1. The number of nitrogens with zero attached hydrogens (tertiary/aromatic N) is 8. The summed E-state index contributed by atoms with van der Waals surface area (Å²) < 4.78 is 34.6. The average molecular weight is 479 g/mol. The first kappa shape index (κ1) is 21.6. The third kappa shape index (κ3) is 4.31. The molecule has 12 heteroatoms. The third-order valence-electron chi connectivity index (χ3n) is 6.63. The monoisotopic (exact) mass is 479 g/mol. The van der Waals surface area contributed by atoms with Gasteiger partial charge in [-0.2, -0.15) is 0 Å². The maximum Gasteiger partial charge on any atom is 0.318 e. The normalized spacial score (nSPS) is 16.6. The van der Waals surface area contributed by atoms with Gasteiger partial charge in [0.05, 0.1) is 11.3 Å². The van der Waals surface area contributed by atoms with Crippen LogP contribution in [0, 0.1) is 11.6 Å². The molecule has 0 saturated carbocycles. The van der Waals surface area contributed by atoms with Gasteiger partial charge in [0.15, 0.2) is 11.6 Å². The van der Waals surface area contributed by atoms with Crippen LogP contribution in [0.3, 0.4) is 0 Å². The summed E-state index contributed by atoms with van der Waals surface area (Å²) >= 11 is 0. The molecule has 35 heavy (non-hydrogen) atoms. The van der Waals surface area contributed by atoms with E-state index in [0.29, 0.717) is 42.2 Å². The van der Waals surface area contributed by atoms with Crippen molar-refractivity contribution in [3.8, 4) is 11.5 Å². The summed E-state index contributed by atoms with van der Waals surface area (Å²) in [5, 5.41) is 19.9. The molecule has 1 N–H and O–H groups in total. The first-order valence-electron chi connectivity index (χ1n) is 11.5. The largest absolute Gasteiger partial charge is 0.403 e. The van der Waals surface area contributed by atoms with Gasteiger partial charge in [0.1, 0.15) is 0 Å². The van der Waals surface area contributed by atoms with Crippen molar-refractivity contribution in [2.75, 3.05) is 23.3 Å². The number of anilines is 2. The molecule has 3 aromatic heterocycles. The van der Waals surface area contributed by atoms with Gasteiger partial charge >= 0.3 is 6.01 Å². The van der Waals surface area contributed by atoms with Crippen LogP contribution in [0.1, 0.15) is 35.6 Å². The molecule has 0 radical (unpaired) electrons. The van der Waals surface area contributed by atoms with E-state index in [1.807, 2.05) is 13.2 Å². The highest BCUT2D eigenvalue weighted by Gasteiger charge is 2.27. The molecule has 0 amide bonds. The third-order valence-corrected chi connectivity index (χ3v) is 6.63. The first-order chi connectivity index (χ1) is 17.0. The van der Waals surface area contributed by atoms with E-state index in [1.165, 1.54) is 12.1 Å². The van der Waals surface area contributed by atoms with E-state index < -0.39 is 11.6 Å². The maximum absolute atomic E-state index is 13.5. The van der Waals surface area contributed by atoms with E-state index >= 15 is 0 Å². The molecule has 1 fully saturated rings. The maximum atomic E-state index is 13.5. The molecule has 2 aliphatic rings. The Morgan fingerprint density at radius 2 is 1.66 bits per heavy atom. The van der Waals surface area contributed by atoms with Crippen LogP contribution in [0.2, 0.25) is 0 Å². The van der Waals surface area contributed by atoms with Crippen LogP contribution in [0.15, 0.2) is 35.1 Å². The summed E-state index contributed by atoms with van der Waals surface area (Å²) in [4.78, 5) is 10.8. The predicted molar refractivity (Wildman–Crippen MR) is 122 cm³/mol. The predicted octanol–water partition coefficient (Wildman–Crippen LogP) is 2.90. The van der Waals surface area contributed by atoms with E-state index in [-0.39, 0.29) is 6.04 Å². The van der Waals surface area contributed by atoms with Crippen molar-refractivity contribution >= 4 is 12.0 Å². The molecule has 0 unspecified atom stereocenters. The van der Waals surface area contributed by atoms with Gasteiger partial charge in [-0.15, -0.1) is 10.2 Å².